The molecule has 0 aliphatic carbocycles. The minimum Gasteiger partial charge on any atom is -0.381 e. The maximum Gasteiger partial charge on any atom is 0.127 e. The van der Waals surface area contributed by atoms with Crippen molar-refractivity contribution in [2.24, 2.45) is 5.41 Å². The van der Waals surface area contributed by atoms with Crippen molar-refractivity contribution in [3.63, 3.8) is 0 Å². The molecule has 0 bridgehead atoms. The zero-order valence-electron chi connectivity index (χ0n) is 11.7. The molecule has 2 rings (SSSR count). The largest absolute Gasteiger partial charge is 0.381 e. The smallest absolute Gasteiger partial charge is 0.127 e. The molecule has 2 heterocycles. The van der Waals surface area contributed by atoms with E-state index in [1.54, 1.807) is 0 Å². The quantitative estimate of drug-likeness (QED) is 0.705. The van der Waals surface area contributed by atoms with Gasteiger partial charge in [-0.1, -0.05) is 19.8 Å². The molecule has 0 aromatic carbocycles. The number of piperidine rings is 1. The first-order valence-corrected chi connectivity index (χ1v) is 7.58. The summed E-state index contributed by atoms with van der Waals surface area (Å²) in [6, 6.07) is 0.711. The third-order valence-electron chi connectivity index (χ3n) is 4.63. The lowest BCUT2D eigenvalue weighted by molar-refractivity contribution is -0.124. The van der Waals surface area contributed by atoms with Crippen LogP contribution >= 0.6 is 0 Å². The van der Waals surface area contributed by atoms with E-state index in [1.807, 2.05) is 0 Å². The van der Waals surface area contributed by atoms with Gasteiger partial charge in [0.2, 0.25) is 0 Å². The molecule has 0 aromatic heterocycles. The van der Waals surface area contributed by atoms with E-state index in [4.69, 9.17) is 4.74 Å². The van der Waals surface area contributed by atoms with Crippen molar-refractivity contribution < 1.29 is 9.53 Å². The molecule has 0 aromatic rings. The van der Waals surface area contributed by atoms with E-state index >= 15 is 0 Å². The summed E-state index contributed by atoms with van der Waals surface area (Å²) in [6.07, 6.45) is 9.54. The molecule has 18 heavy (non-hydrogen) atoms. The van der Waals surface area contributed by atoms with Crippen LogP contribution in [0, 0.1) is 5.41 Å². The van der Waals surface area contributed by atoms with E-state index in [1.165, 1.54) is 44.9 Å². The van der Waals surface area contributed by atoms with Crippen molar-refractivity contribution in [2.45, 2.75) is 57.9 Å². The van der Waals surface area contributed by atoms with Crippen LogP contribution in [0.1, 0.15) is 51.9 Å². The average Bonchev–Trinajstić information content (AvgIpc) is 2.42. The second-order valence-corrected chi connectivity index (χ2v) is 6.00. The second kappa shape index (κ2) is 6.67. The van der Waals surface area contributed by atoms with Gasteiger partial charge in [0.1, 0.15) is 6.29 Å². The van der Waals surface area contributed by atoms with Gasteiger partial charge < -0.3 is 9.53 Å². The minimum absolute atomic E-state index is 0.123. The average molecular weight is 253 g/mol. The highest BCUT2D eigenvalue weighted by Crippen LogP contribution is 2.32. The van der Waals surface area contributed by atoms with Crippen LogP contribution in [0.4, 0.5) is 0 Å². The number of ether oxygens (including phenoxy) is 1. The van der Waals surface area contributed by atoms with Crippen LogP contribution in [-0.4, -0.2) is 43.5 Å². The Bertz CT molecular complexity index is 259. The molecular weight excluding hydrogens is 226 g/mol. The highest BCUT2D eigenvalue weighted by molar-refractivity contribution is 5.60. The van der Waals surface area contributed by atoms with Crippen molar-refractivity contribution in [2.75, 3.05) is 26.3 Å². The summed E-state index contributed by atoms with van der Waals surface area (Å²) in [5, 5.41) is 0. The Kier molecular flexibility index (Phi) is 5.19. The van der Waals surface area contributed by atoms with Crippen molar-refractivity contribution in [1.29, 1.82) is 0 Å². The summed E-state index contributed by atoms with van der Waals surface area (Å²) < 4.78 is 5.41. The van der Waals surface area contributed by atoms with E-state index in [0.717, 1.165) is 32.6 Å². The standard InChI is InChI=1S/C15H27NO2/c1-2-5-14-6-3-4-9-16(14)12-15(13-17)7-10-18-11-8-15/h13-14H,2-12H2,1H3. The molecular formula is C15H27NO2. The Morgan fingerprint density at radius 3 is 2.78 bits per heavy atom. The maximum absolute atomic E-state index is 11.5. The highest BCUT2D eigenvalue weighted by atomic mass is 16.5. The van der Waals surface area contributed by atoms with E-state index in [-0.39, 0.29) is 5.41 Å². The van der Waals surface area contributed by atoms with Gasteiger partial charge in [-0.05, 0) is 38.6 Å². The first-order chi connectivity index (χ1) is 8.79. The number of likely N-dealkylation sites (tertiary alicyclic amines) is 1. The van der Waals surface area contributed by atoms with Gasteiger partial charge in [0.05, 0.1) is 0 Å². The first kappa shape index (κ1) is 14.0. The fourth-order valence-electron chi connectivity index (χ4n) is 3.42. The lowest BCUT2D eigenvalue weighted by Gasteiger charge is -2.42. The molecule has 0 saturated carbocycles. The van der Waals surface area contributed by atoms with Gasteiger partial charge in [-0.2, -0.15) is 0 Å². The summed E-state index contributed by atoms with van der Waals surface area (Å²) >= 11 is 0. The summed E-state index contributed by atoms with van der Waals surface area (Å²) in [4.78, 5) is 14.1. The molecule has 2 aliphatic rings. The molecule has 2 fully saturated rings. The van der Waals surface area contributed by atoms with Gasteiger partial charge >= 0.3 is 0 Å². The summed E-state index contributed by atoms with van der Waals surface area (Å²) in [6.45, 7) is 5.92. The van der Waals surface area contributed by atoms with E-state index in [9.17, 15) is 4.79 Å². The Labute approximate surface area is 111 Å². The molecule has 0 radical (unpaired) electrons. The number of carbonyl (C=O) groups is 1. The summed E-state index contributed by atoms with van der Waals surface area (Å²) in [5.41, 5.74) is -0.123. The fraction of sp³-hybridized carbons (Fsp3) is 0.933. The van der Waals surface area contributed by atoms with E-state index in [2.05, 4.69) is 11.8 Å². The van der Waals surface area contributed by atoms with Gasteiger partial charge in [0, 0.05) is 31.2 Å². The third kappa shape index (κ3) is 3.33. The van der Waals surface area contributed by atoms with Gasteiger partial charge in [0.15, 0.2) is 0 Å². The summed E-state index contributed by atoms with van der Waals surface area (Å²) in [5.74, 6) is 0. The second-order valence-electron chi connectivity index (χ2n) is 6.00. The van der Waals surface area contributed by atoms with E-state index < -0.39 is 0 Å². The van der Waals surface area contributed by atoms with Crippen molar-refractivity contribution in [3.05, 3.63) is 0 Å². The number of hydrogen-bond acceptors (Lipinski definition) is 3. The molecule has 0 spiro atoms. The Morgan fingerprint density at radius 2 is 2.11 bits per heavy atom. The van der Waals surface area contributed by atoms with Crippen LogP contribution < -0.4 is 0 Å². The molecule has 3 heteroatoms. The monoisotopic (exact) mass is 253 g/mol. The number of rotatable bonds is 5. The SMILES string of the molecule is CCCC1CCCCN1CC1(C=O)CCOCC1. The van der Waals surface area contributed by atoms with Crippen molar-refractivity contribution in [3.8, 4) is 0 Å². The molecule has 104 valence electrons. The number of carbonyl (C=O) groups excluding carboxylic acids is 1. The normalized spacial score (nSPS) is 29.1. The molecule has 2 aliphatic heterocycles. The van der Waals surface area contributed by atoms with Crippen LogP contribution in [0.5, 0.6) is 0 Å². The Balaban J connectivity index is 1.97. The topological polar surface area (TPSA) is 29.5 Å². The molecule has 0 N–H and O–H groups in total. The number of hydrogen-bond donors (Lipinski definition) is 0. The molecule has 2 saturated heterocycles. The Morgan fingerprint density at radius 1 is 1.33 bits per heavy atom. The zero-order chi connectivity index (χ0) is 12.8. The van der Waals surface area contributed by atoms with Crippen LogP contribution in [0.2, 0.25) is 0 Å². The first-order valence-electron chi connectivity index (χ1n) is 7.58. The van der Waals surface area contributed by atoms with Crippen LogP contribution in [0.25, 0.3) is 0 Å². The number of aldehydes is 1. The van der Waals surface area contributed by atoms with Crippen LogP contribution in [0.3, 0.4) is 0 Å². The van der Waals surface area contributed by atoms with Gasteiger partial charge in [0.25, 0.3) is 0 Å². The summed E-state index contributed by atoms with van der Waals surface area (Å²) in [7, 11) is 0. The third-order valence-corrected chi connectivity index (χ3v) is 4.63. The molecule has 0 amide bonds. The Hall–Kier alpha value is -0.410. The van der Waals surface area contributed by atoms with Crippen LogP contribution in [0.15, 0.2) is 0 Å². The maximum atomic E-state index is 11.5. The van der Waals surface area contributed by atoms with Gasteiger partial charge in [-0.3, -0.25) is 4.90 Å². The van der Waals surface area contributed by atoms with E-state index in [0.29, 0.717) is 6.04 Å². The van der Waals surface area contributed by atoms with Gasteiger partial charge in [-0.15, -0.1) is 0 Å². The van der Waals surface area contributed by atoms with Gasteiger partial charge in [-0.25, -0.2) is 0 Å². The fourth-order valence-corrected chi connectivity index (χ4v) is 3.42. The molecule has 1 unspecified atom stereocenters. The number of nitrogens with zero attached hydrogens (tertiary/aromatic N) is 1. The molecule has 3 nitrogen and oxygen atoms in total. The molecule has 1 atom stereocenters. The zero-order valence-corrected chi connectivity index (χ0v) is 11.7. The lowest BCUT2D eigenvalue weighted by Crippen LogP contribution is -2.48. The van der Waals surface area contributed by atoms with Crippen LogP contribution in [-0.2, 0) is 9.53 Å². The lowest BCUT2D eigenvalue weighted by atomic mass is 9.80. The van der Waals surface area contributed by atoms with Crippen molar-refractivity contribution in [1.82, 2.24) is 4.90 Å². The van der Waals surface area contributed by atoms with Crippen molar-refractivity contribution >= 4 is 6.29 Å². The minimum atomic E-state index is -0.123. The highest BCUT2D eigenvalue weighted by Gasteiger charge is 2.36. The predicted molar refractivity (Wildman–Crippen MR) is 72.7 cm³/mol. The predicted octanol–water partition coefficient (Wildman–Crippen LogP) is 2.64.